The third-order valence-corrected chi connectivity index (χ3v) is 5.34. The van der Waals surface area contributed by atoms with E-state index in [9.17, 15) is 5.11 Å². The SMILES string of the molecule is CCN(CC)c1nc(Oc2ccc(-n3nc4ccccc4n3)c(O)c2)nc(N(CC)CC)n1. The summed E-state index contributed by atoms with van der Waals surface area (Å²) in [5.74, 6) is 1.49. The predicted molar refractivity (Wildman–Crippen MR) is 128 cm³/mol. The van der Waals surface area contributed by atoms with E-state index in [1.807, 2.05) is 34.1 Å². The van der Waals surface area contributed by atoms with Gasteiger partial charge in [0.15, 0.2) is 0 Å². The van der Waals surface area contributed by atoms with Crippen LogP contribution in [0, 0.1) is 0 Å². The highest BCUT2D eigenvalue weighted by molar-refractivity contribution is 5.73. The molecule has 0 saturated carbocycles. The summed E-state index contributed by atoms with van der Waals surface area (Å²) in [5.41, 5.74) is 1.94. The van der Waals surface area contributed by atoms with Crippen LogP contribution in [-0.2, 0) is 0 Å². The summed E-state index contributed by atoms with van der Waals surface area (Å²) >= 11 is 0. The number of fused-ring (bicyclic) bond motifs is 1. The van der Waals surface area contributed by atoms with Gasteiger partial charge in [0, 0.05) is 32.2 Å². The van der Waals surface area contributed by atoms with Gasteiger partial charge in [-0.15, -0.1) is 15.0 Å². The number of nitrogens with zero attached hydrogens (tertiary/aromatic N) is 8. The Kier molecular flexibility index (Phi) is 6.53. The Morgan fingerprint density at radius 3 is 1.82 bits per heavy atom. The van der Waals surface area contributed by atoms with E-state index in [1.165, 1.54) is 10.9 Å². The topological polar surface area (TPSA) is 105 Å². The Balaban J connectivity index is 1.65. The van der Waals surface area contributed by atoms with E-state index >= 15 is 0 Å². The number of rotatable bonds is 9. The van der Waals surface area contributed by atoms with Crippen LogP contribution in [0.1, 0.15) is 27.7 Å². The molecule has 0 aliphatic carbocycles. The largest absolute Gasteiger partial charge is 0.505 e. The maximum absolute atomic E-state index is 10.6. The van der Waals surface area contributed by atoms with Crippen LogP contribution in [-0.4, -0.2) is 61.2 Å². The van der Waals surface area contributed by atoms with Crippen LogP contribution in [0.4, 0.5) is 11.9 Å². The highest BCUT2D eigenvalue weighted by atomic mass is 16.5. The van der Waals surface area contributed by atoms with Crippen molar-refractivity contribution < 1.29 is 9.84 Å². The molecule has 0 amide bonds. The van der Waals surface area contributed by atoms with E-state index in [4.69, 9.17) is 4.74 Å². The molecule has 4 aromatic rings. The molecule has 0 atom stereocenters. The molecule has 0 fully saturated rings. The van der Waals surface area contributed by atoms with Crippen molar-refractivity contribution in [2.45, 2.75) is 27.7 Å². The molecule has 0 bridgehead atoms. The van der Waals surface area contributed by atoms with Gasteiger partial charge in [0.05, 0.1) is 0 Å². The molecule has 0 unspecified atom stereocenters. The van der Waals surface area contributed by atoms with Crippen LogP contribution in [0.25, 0.3) is 16.7 Å². The number of ether oxygens (including phenoxy) is 1. The third kappa shape index (κ3) is 4.64. The summed E-state index contributed by atoms with van der Waals surface area (Å²) < 4.78 is 5.94. The second kappa shape index (κ2) is 9.68. The molecule has 0 spiro atoms. The van der Waals surface area contributed by atoms with Crippen LogP contribution < -0.4 is 14.5 Å². The van der Waals surface area contributed by atoms with Gasteiger partial charge in [-0.3, -0.25) is 0 Å². The number of anilines is 2. The quantitative estimate of drug-likeness (QED) is 0.409. The Morgan fingerprint density at radius 2 is 1.33 bits per heavy atom. The second-order valence-corrected chi connectivity index (χ2v) is 7.29. The lowest BCUT2D eigenvalue weighted by Crippen LogP contribution is -2.28. The lowest BCUT2D eigenvalue weighted by Gasteiger charge is -2.23. The van der Waals surface area contributed by atoms with Crippen molar-refractivity contribution in [2.24, 2.45) is 0 Å². The monoisotopic (exact) mass is 448 g/mol. The number of aromatic hydroxyl groups is 1. The van der Waals surface area contributed by atoms with E-state index in [0.717, 1.165) is 37.2 Å². The standard InChI is InChI=1S/C23H28N8O2/c1-5-29(6-2)21-24-22(30(7-3)8-4)26-23(25-21)33-16-13-14-19(20(32)15-16)31-27-17-11-9-10-12-18(17)28-31/h9-15,32H,5-8H2,1-4H3. The summed E-state index contributed by atoms with van der Waals surface area (Å²) in [6, 6.07) is 12.6. The van der Waals surface area contributed by atoms with Gasteiger partial charge >= 0.3 is 6.01 Å². The second-order valence-electron chi connectivity index (χ2n) is 7.29. The average molecular weight is 449 g/mol. The van der Waals surface area contributed by atoms with Crippen molar-refractivity contribution in [2.75, 3.05) is 36.0 Å². The minimum atomic E-state index is -0.0187. The van der Waals surface area contributed by atoms with E-state index in [-0.39, 0.29) is 11.8 Å². The van der Waals surface area contributed by atoms with Gasteiger partial charge in [-0.2, -0.15) is 15.0 Å². The van der Waals surface area contributed by atoms with Gasteiger partial charge in [0.1, 0.15) is 28.2 Å². The molecular formula is C23H28N8O2. The lowest BCUT2D eigenvalue weighted by molar-refractivity contribution is 0.427. The summed E-state index contributed by atoms with van der Waals surface area (Å²) in [7, 11) is 0. The number of hydrogen-bond acceptors (Lipinski definition) is 9. The Morgan fingerprint density at radius 1 is 0.788 bits per heavy atom. The molecule has 2 aromatic heterocycles. The molecule has 0 saturated heterocycles. The molecule has 0 aliphatic heterocycles. The van der Waals surface area contributed by atoms with Crippen LogP contribution in [0.15, 0.2) is 42.5 Å². The zero-order valence-corrected chi connectivity index (χ0v) is 19.3. The normalized spacial score (nSPS) is 11.0. The number of benzene rings is 2. The molecule has 1 N–H and O–H groups in total. The molecule has 2 heterocycles. The molecular weight excluding hydrogens is 420 g/mol. The average Bonchev–Trinajstić information content (AvgIpc) is 3.25. The predicted octanol–water partition coefficient (Wildman–Crippen LogP) is 3.80. The fourth-order valence-corrected chi connectivity index (χ4v) is 3.49. The van der Waals surface area contributed by atoms with Gasteiger partial charge in [-0.05, 0) is 52.0 Å². The van der Waals surface area contributed by atoms with Crippen molar-refractivity contribution in [3.8, 4) is 23.2 Å². The smallest absolute Gasteiger partial charge is 0.328 e. The summed E-state index contributed by atoms with van der Waals surface area (Å²) in [6.07, 6.45) is 0. The first-order chi connectivity index (χ1) is 16.1. The Bertz CT molecular complexity index is 1170. The molecule has 0 aliphatic rings. The first kappa shape index (κ1) is 22.3. The molecule has 10 nitrogen and oxygen atoms in total. The molecule has 4 rings (SSSR count). The van der Waals surface area contributed by atoms with Gasteiger partial charge < -0.3 is 19.6 Å². The van der Waals surface area contributed by atoms with Crippen molar-refractivity contribution in [3.63, 3.8) is 0 Å². The van der Waals surface area contributed by atoms with Gasteiger partial charge in [-0.1, -0.05) is 12.1 Å². The number of aromatic nitrogens is 6. The summed E-state index contributed by atoms with van der Waals surface area (Å²) in [5, 5.41) is 19.5. The van der Waals surface area contributed by atoms with Gasteiger partial charge in [0.25, 0.3) is 0 Å². The van der Waals surface area contributed by atoms with Crippen molar-refractivity contribution in [1.29, 1.82) is 0 Å². The van der Waals surface area contributed by atoms with Crippen molar-refractivity contribution in [3.05, 3.63) is 42.5 Å². The Labute approximate surface area is 192 Å². The molecule has 33 heavy (non-hydrogen) atoms. The molecule has 10 heteroatoms. The molecule has 0 radical (unpaired) electrons. The van der Waals surface area contributed by atoms with Crippen LogP contribution in [0.5, 0.6) is 17.5 Å². The first-order valence-corrected chi connectivity index (χ1v) is 11.2. The van der Waals surface area contributed by atoms with Crippen LogP contribution in [0.2, 0.25) is 0 Å². The van der Waals surface area contributed by atoms with Crippen molar-refractivity contribution in [1.82, 2.24) is 29.9 Å². The van der Waals surface area contributed by atoms with E-state index in [2.05, 4.69) is 52.8 Å². The Hall–Kier alpha value is -3.95. The van der Waals surface area contributed by atoms with Crippen molar-refractivity contribution >= 4 is 22.9 Å². The number of phenols is 1. The minimum absolute atomic E-state index is 0.0187. The fraction of sp³-hybridized carbons (Fsp3) is 0.348. The van der Waals surface area contributed by atoms with E-state index < -0.39 is 0 Å². The lowest BCUT2D eigenvalue weighted by atomic mass is 10.3. The van der Waals surface area contributed by atoms with E-state index in [1.54, 1.807) is 12.1 Å². The highest BCUT2D eigenvalue weighted by Crippen LogP contribution is 2.30. The minimum Gasteiger partial charge on any atom is -0.505 e. The first-order valence-electron chi connectivity index (χ1n) is 11.2. The van der Waals surface area contributed by atoms with Crippen LogP contribution >= 0.6 is 0 Å². The van der Waals surface area contributed by atoms with Gasteiger partial charge in [-0.25, -0.2) is 0 Å². The van der Waals surface area contributed by atoms with Gasteiger partial charge in [0.2, 0.25) is 11.9 Å². The van der Waals surface area contributed by atoms with E-state index in [0.29, 0.717) is 23.3 Å². The van der Waals surface area contributed by atoms with Crippen LogP contribution in [0.3, 0.4) is 0 Å². The fourth-order valence-electron chi connectivity index (χ4n) is 3.49. The summed E-state index contributed by atoms with van der Waals surface area (Å²) in [6.45, 7) is 11.2. The zero-order valence-electron chi connectivity index (χ0n) is 19.3. The number of hydrogen-bond donors (Lipinski definition) is 1. The third-order valence-electron chi connectivity index (χ3n) is 5.34. The zero-order chi connectivity index (χ0) is 23.4. The molecule has 172 valence electrons. The maximum atomic E-state index is 10.6. The highest BCUT2D eigenvalue weighted by Gasteiger charge is 2.17. The number of phenolic OH excluding ortho intramolecular Hbond substituents is 1. The maximum Gasteiger partial charge on any atom is 0.328 e. The molecule has 2 aromatic carbocycles. The summed E-state index contributed by atoms with van der Waals surface area (Å²) in [4.78, 5) is 19.1.